The summed E-state index contributed by atoms with van der Waals surface area (Å²) in [7, 11) is 3.03. The van der Waals surface area contributed by atoms with Crippen LogP contribution in [0.15, 0.2) is 18.2 Å². The number of benzene rings is 1. The van der Waals surface area contributed by atoms with Crippen LogP contribution in [0.1, 0.15) is 10.4 Å². The van der Waals surface area contributed by atoms with Gasteiger partial charge in [0.2, 0.25) is 5.91 Å². The predicted octanol–water partition coefficient (Wildman–Crippen LogP) is 1.44. The first kappa shape index (κ1) is 17.6. The number of primary amides is 1. The molecule has 0 saturated heterocycles. The van der Waals surface area contributed by atoms with Crippen molar-refractivity contribution in [3.63, 3.8) is 0 Å². The van der Waals surface area contributed by atoms with E-state index < -0.39 is 18.1 Å². The predicted molar refractivity (Wildman–Crippen MR) is 61.8 cm³/mol. The second kappa shape index (κ2) is 7.22. The van der Waals surface area contributed by atoms with Gasteiger partial charge in [0.25, 0.3) is 0 Å². The highest BCUT2D eigenvalue weighted by atomic mass is 19.4. The quantitative estimate of drug-likeness (QED) is 0.879. The average molecular weight is 295 g/mol. The molecule has 0 saturated carbocycles. The Kier molecular flexibility index (Phi) is 6.33. The molecule has 1 aromatic carbocycles. The van der Waals surface area contributed by atoms with Crippen LogP contribution >= 0.6 is 0 Å². The monoisotopic (exact) mass is 295 g/mol. The number of carbonyl (C=O) groups excluding carboxylic acids is 1. The van der Waals surface area contributed by atoms with Crippen LogP contribution in [0.4, 0.5) is 13.2 Å². The Morgan fingerprint density at radius 3 is 1.90 bits per heavy atom. The molecule has 6 nitrogen and oxygen atoms in total. The van der Waals surface area contributed by atoms with Gasteiger partial charge in [0.05, 0.1) is 14.2 Å². The summed E-state index contributed by atoms with van der Waals surface area (Å²) in [5, 5.41) is 7.12. The molecule has 0 unspecified atom stereocenters. The van der Waals surface area contributed by atoms with Crippen molar-refractivity contribution in [3.8, 4) is 11.5 Å². The number of rotatable bonds is 3. The summed E-state index contributed by atoms with van der Waals surface area (Å²) < 4.78 is 41.7. The van der Waals surface area contributed by atoms with Gasteiger partial charge in [0.1, 0.15) is 0 Å². The van der Waals surface area contributed by atoms with Crippen molar-refractivity contribution in [3.05, 3.63) is 23.8 Å². The van der Waals surface area contributed by atoms with E-state index in [1.807, 2.05) is 0 Å². The minimum atomic E-state index is -5.08. The maximum atomic E-state index is 10.8. The maximum Gasteiger partial charge on any atom is 0.490 e. The van der Waals surface area contributed by atoms with E-state index in [2.05, 4.69) is 0 Å². The molecule has 0 radical (unpaired) electrons. The molecular formula is C11H12F3NO5. The van der Waals surface area contributed by atoms with Gasteiger partial charge in [-0.25, -0.2) is 4.79 Å². The van der Waals surface area contributed by atoms with E-state index in [0.717, 1.165) is 0 Å². The lowest BCUT2D eigenvalue weighted by Gasteiger charge is -2.07. The molecule has 0 fully saturated rings. The summed E-state index contributed by atoms with van der Waals surface area (Å²) in [5.41, 5.74) is 5.49. The van der Waals surface area contributed by atoms with Crippen molar-refractivity contribution < 1.29 is 37.3 Å². The molecule has 0 bridgehead atoms. The molecule has 1 amide bonds. The summed E-state index contributed by atoms with van der Waals surface area (Å²) in [6, 6.07) is 4.77. The van der Waals surface area contributed by atoms with Gasteiger partial charge < -0.3 is 20.3 Å². The number of carbonyl (C=O) groups is 2. The SMILES string of the molecule is COc1ccc(C(N)=O)cc1OC.O=C(O)C(F)(F)F. The van der Waals surface area contributed by atoms with Gasteiger partial charge in [0.15, 0.2) is 11.5 Å². The summed E-state index contributed by atoms with van der Waals surface area (Å²) >= 11 is 0. The Hall–Kier alpha value is -2.45. The molecule has 0 aliphatic carbocycles. The zero-order valence-electron chi connectivity index (χ0n) is 10.5. The van der Waals surface area contributed by atoms with Gasteiger partial charge in [-0.2, -0.15) is 13.2 Å². The van der Waals surface area contributed by atoms with Crippen LogP contribution in [0.3, 0.4) is 0 Å². The van der Waals surface area contributed by atoms with E-state index >= 15 is 0 Å². The Morgan fingerprint density at radius 1 is 1.15 bits per heavy atom. The number of hydrogen-bond donors (Lipinski definition) is 2. The zero-order chi connectivity index (χ0) is 15.9. The third-order valence-electron chi connectivity index (χ3n) is 1.91. The van der Waals surface area contributed by atoms with Gasteiger partial charge in [-0.3, -0.25) is 4.79 Å². The minimum absolute atomic E-state index is 0.401. The van der Waals surface area contributed by atoms with Gasteiger partial charge in [-0.15, -0.1) is 0 Å². The summed E-state index contributed by atoms with van der Waals surface area (Å²) in [4.78, 5) is 19.7. The average Bonchev–Trinajstić information content (AvgIpc) is 2.37. The number of carboxylic acids is 1. The molecule has 20 heavy (non-hydrogen) atoms. The van der Waals surface area contributed by atoms with Crippen molar-refractivity contribution in [2.24, 2.45) is 5.73 Å². The van der Waals surface area contributed by atoms with Crippen molar-refractivity contribution in [2.45, 2.75) is 6.18 Å². The van der Waals surface area contributed by atoms with E-state index in [4.69, 9.17) is 25.1 Å². The molecule has 0 aliphatic heterocycles. The fourth-order valence-corrected chi connectivity index (χ4v) is 0.989. The first-order chi connectivity index (χ1) is 9.13. The van der Waals surface area contributed by atoms with E-state index in [1.54, 1.807) is 18.2 Å². The number of halogens is 3. The summed E-state index contributed by atoms with van der Waals surface area (Å²) in [6.07, 6.45) is -5.08. The third-order valence-corrected chi connectivity index (χ3v) is 1.91. The van der Waals surface area contributed by atoms with Crippen LogP contribution in [0.5, 0.6) is 11.5 Å². The standard InChI is InChI=1S/C9H11NO3.C2HF3O2/c1-12-7-4-3-6(9(10)11)5-8(7)13-2;3-2(4,5)1(6)7/h3-5H,1-2H3,(H2,10,11);(H,6,7). The topological polar surface area (TPSA) is 98.9 Å². The number of amides is 1. The number of alkyl halides is 3. The number of carboxylic acid groups (broad SMARTS) is 1. The molecule has 112 valence electrons. The van der Waals surface area contributed by atoms with Gasteiger partial charge in [-0.05, 0) is 18.2 Å². The number of nitrogens with two attached hydrogens (primary N) is 1. The molecule has 0 aromatic heterocycles. The van der Waals surface area contributed by atoms with Crippen LogP contribution in [-0.4, -0.2) is 37.4 Å². The van der Waals surface area contributed by atoms with Crippen LogP contribution in [0.25, 0.3) is 0 Å². The van der Waals surface area contributed by atoms with Crippen molar-refractivity contribution in [2.75, 3.05) is 14.2 Å². The van der Waals surface area contributed by atoms with Crippen LogP contribution in [0, 0.1) is 0 Å². The highest BCUT2D eigenvalue weighted by Gasteiger charge is 2.38. The molecule has 9 heteroatoms. The second-order valence-corrected chi connectivity index (χ2v) is 3.24. The largest absolute Gasteiger partial charge is 0.493 e. The van der Waals surface area contributed by atoms with Crippen molar-refractivity contribution in [1.29, 1.82) is 0 Å². The minimum Gasteiger partial charge on any atom is -0.493 e. The van der Waals surface area contributed by atoms with E-state index in [9.17, 15) is 18.0 Å². The first-order valence-corrected chi connectivity index (χ1v) is 4.95. The number of aliphatic carboxylic acids is 1. The normalized spacial score (nSPS) is 10.1. The lowest BCUT2D eigenvalue weighted by Crippen LogP contribution is -2.21. The third kappa shape index (κ3) is 5.46. The molecule has 0 atom stereocenters. The molecule has 0 spiro atoms. The van der Waals surface area contributed by atoms with E-state index in [-0.39, 0.29) is 0 Å². The Morgan fingerprint density at radius 2 is 1.60 bits per heavy atom. The van der Waals surface area contributed by atoms with Gasteiger partial charge in [-0.1, -0.05) is 0 Å². The Bertz CT molecular complexity index is 487. The van der Waals surface area contributed by atoms with Crippen molar-refractivity contribution in [1.82, 2.24) is 0 Å². The molecule has 0 heterocycles. The van der Waals surface area contributed by atoms with Crippen LogP contribution in [0.2, 0.25) is 0 Å². The smallest absolute Gasteiger partial charge is 0.490 e. The zero-order valence-corrected chi connectivity index (χ0v) is 10.5. The van der Waals surface area contributed by atoms with Gasteiger partial charge >= 0.3 is 12.1 Å². The lowest BCUT2D eigenvalue weighted by atomic mass is 10.2. The van der Waals surface area contributed by atoms with Crippen LogP contribution < -0.4 is 15.2 Å². The lowest BCUT2D eigenvalue weighted by molar-refractivity contribution is -0.192. The van der Waals surface area contributed by atoms with Crippen LogP contribution in [-0.2, 0) is 4.79 Å². The van der Waals surface area contributed by atoms with E-state index in [1.165, 1.54) is 14.2 Å². The fourth-order valence-electron chi connectivity index (χ4n) is 0.989. The molecule has 0 aliphatic rings. The highest BCUT2D eigenvalue weighted by Crippen LogP contribution is 2.27. The van der Waals surface area contributed by atoms with Crippen molar-refractivity contribution >= 4 is 11.9 Å². The molecule has 3 N–H and O–H groups in total. The number of hydrogen-bond acceptors (Lipinski definition) is 4. The summed E-state index contributed by atoms with van der Waals surface area (Å²) in [6.45, 7) is 0. The maximum absolute atomic E-state index is 10.8. The summed E-state index contributed by atoms with van der Waals surface area (Å²) in [5.74, 6) is -2.17. The molecule has 1 rings (SSSR count). The molecular weight excluding hydrogens is 283 g/mol. The molecule has 1 aromatic rings. The number of methoxy groups -OCH3 is 2. The highest BCUT2D eigenvalue weighted by molar-refractivity contribution is 5.93. The second-order valence-electron chi connectivity index (χ2n) is 3.24. The fraction of sp³-hybridized carbons (Fsp3) is 0.273. The number of ether oxygens (including phenoxy) is 2. The van der Waals surface area contributed by atoms with Gasteiger partial charge in [0, 0.05) is 5.56 Å². The van der Waals surface area contributed by atoms with E-state index in [0.29, 0.717) is 17.1 Å². The Balaban J connectivity index is 0.000000441. The first-order valence-electron chi connectivity index (χ1n) is 4.95. The Labute approximate surface area is 111 Å².